The lowest BCUT2D eigenvalue weighted by molar-refractivity contribution is 0.174. The third-order valence-corrected chi connectivity index (χ3v) is 4.30. The summed E-state index contributed by atoms with van der Waals surface area (Å²) in [6.07, 6.45) is 1.08. The topological polar surface area (TPSA) is 47.7 Å². The molecule has 21 heavy (non-hydrogen) atoms. The maximum atomic E-state index is 6.07. The summed E-state index contributed by atoms with van der Waals surface area (Å²) in [5.74, 6) is 1.63. The maximum Gasteiger partial charge on any atom is 0.231 e. The van der Waals surface area contributed by atoms with Crippen molar-refractivity contribution in [2.24, 2.45) is 5.73 Å². The van der Waals surface area contributed by atoms with Gasteiger partial charge >= 0.3 is 0 Å². The highest BCUT2D eigenvalue weighted by Crippen LogP contribution is 2.38. The highest BCUT2D eigenvalue weighted by atomic mass is 16.7. The Balaban J connectivity index is 1.70. The molecule has 0 spiro atoms. The molecule has 0 saturated heterocycles. The van der Waals surface area contributed by atoms with Crippen LogP contribution in [-0.2, 0) is 6.42 Å². The molecule has 0 aromatic heterocycles. The van der Waals surface area contributed by atoms with E-state index in [9.17, 15) is 0 Å². The monoisotopic (exact) mass is 282 g/mol. The molecule has 2 aromatic carbocycles. The van der Waals surface area contributed by atoms with E-state index in [-0.39, 0.29) is 6.04 Å². The van der Waals surface area contributed by atoms with Crippen molar-refractivity contribution in [3.05, 3.63) is 53.6 Å². The van der Waals surface area contributed by atoms with Crippen molar-refractivity contribution in [3.63, 3.8) is 0 Å². The van der Waals surface area contributed by atoms with E-state index in [4.69, 9.17) is 15.2 Å². The van der Waals surface area contributed by atoms with E-state index in [1.54, 1.807) is 0 Å². The van der Waals surface area contributed by atoms with Crippen LogP contribution in [0.3, 0.4) is 0 Å². The van der Waals surface area contributed by atoms with E-state index in [0.29, 0.717) is 13.3 Å². The average molecular weight is 282 g/mol. The third-order valence-electron chi connectivity index (χ3n) is 4.30. The number of hydrogen-bond donors (Lipinski definition) is 1. The third kappa shape index (κ3) is 2.03. The second-order valence-corrected chi connectivity index (χ2v) is 5.44. The molecule has 4 heteroatoms. The molecule has 1 atom stereocenters. The van der Waals surface area contributed by atoms with Crippen molar-refractivity contribution in [1.82, 2.24) is 0 Å². The Morgan fingerprint density at radius 3 is 2.86 bits per heavy atom. The minimum atomic E-state index is 0.170. The molecule has 0 radical (unpaired) electrons. The number of nitrogens with two attached hydrogens (primary N) is 1. The Morgan fingerprint density at radius 1 is 1.10 bits per heavy atom. The fraction of sp³-hybridized carbons (Fsp3) is 0.294. The first-order chi connectivity index (χ1) is 10.4. The molecule has 0 bridgehead atoms. The summed E-state index contributed by atoms with van der Waals surface area (Å²) >= 11 is 0. The predicted octanol–water partition coefficient (Wildman–Crippen LogP) is 2.48. The van der Waals surface area contributed by atoms with Crippen molar-refractivity contribution in [1.29, 1.82) is 0 Å². The average Bonchev–Trinajstić information content (AvgIpc) is 3.15. The van der Waals surface area contributed by atoms with Crippen molar-refractivity contribution in [3.8, 4) is 11.5 Å². The zero-order valence-electron chi connectivity index (χ0n) is 11.8. The van der Waals surface area contributed by atoms with Crippen LogP contribution in [0.4, 0.5) is 5.69 Å². The zero-order valence-corrected chi connectivity index (χ0v) is 11.8. The van der Waals surface area contributed by atoms with Gasteiger partial charge in [0, 0.05) is 18.8 Å². The summed E-state index contributed by atoms with van der Waals surface area (Å²) < 4.78 is 10.9. The Hall–Kier alpha value is -2.20. The van der Waals surface area contributed by atoms with Gasteiger partial charge in [-0.3, -0.25) is 0 Å². The lowest BCUT2D eigenvalue weighted by Crippen LogP contribution is -2.32. The molecular formula is C17H18N2O2. The van der Waals surface area contributed by atoms with Crippen molar-refractivity contribution in [2.75, 3.05) is 24.8 Å². The number of hydrogen-bond acceptors (Lipinski definition) is 4. The molecule has 4 nitrogen and oxygen atoms in total. The number of anilines is 1. The number of para-hydroxylation sites is 1. The smallest absolute Gasteiger partial charge is 0.231 e. The van der Waals surface area contributed by atoms with Gasteiger partial charge in [0.05, 0.1) is 6.04 Å². The molecule has 2 N–H and O–H groups in total. The first-order valence-electron chi connectivity index (χ1n) is 7.31. The molecule has 0 fully saturated rings. The normalized spacial score (nSPS) is 16.9. The minimum absolute atomic E-state index is 0.170. The summed E-state index contributed by atoms with van der Waals surface area (Å²) in [7, 11) is 0. The molecule has 2 aliphatic heterocycles. The van der Waals surface area contributed by atoms with E-state index < -0.39 is 0 Å². The molecule has 0 amide bonds. The van der Waals surface area contributed by atoms with Crippen LogP contribution in [-0.4, -0.2) is 19.9 Å². The SMILES string of the molecule is NCC(c1ccc2c(c1)OCO2)N1CCc2ccccc21. The lowest BCUT2D eigenvalue weighted by atomic mass is 10.0. The van der Waals surface area contributed by atoms with Crippen LogP contribution in [0.1, 0.15) is 17.2 Å². The Labute approximate surface area is 124 Å². The Morgan fingerprint density at radius 2 is 1.95 bits per heavy atom. The fourth-order valence-electron chi connectivity index (χ4n) is 3.25. The van der Waals surface area contributed by atoms with Crippen LogP contribution in [0.25, 0.3) is 0 Å². The highest BCUT2D eigenvalue weighted by Gasteiger charge is 2.27. The summed E-state index contributed by atoms with van der Waals surface area (Å²) in [5, 5.41) is 0. The number of benzene rings is 2. The highest BCUT2D eigenvalue weighted by molar-refractivity contribution is 5.60. The molecule has 2 aliphatic rings. The van der Waals surface area contributed by atoms with E-state index in [0.717, 1.165) is 24.5 Å². The van der Waals surface area contributed by atoms with Crippen LogP contribution in [0, 0.1) is 0 Å². The van der Waals surface area contributed by atoms with Gasteiger partial charge in [0.25, 0.3) is 0 Å². The van der Waals surface area contributed by atoms with Crippen LogP contribution >= 0.6 is 0 Å². The largest absolute Gasteiger partial charge is 0.454 e. The molecule has 4 rings (SSSR count). The lowest BCUT2D eigenvalue weighted by Gasteiger charge is -2.30. The molecule has 1 unspecified atom stereocenters. The second kappa shape index (κ2) is 4.97. The van der Waals surface area contributed by atoms with Gasteiger partial charge in [-0.2, -0.15) is 0 Å². The number of ether oxygens (including phenoxy) is 2. The summed E-state index contributed by atoms with van der Waals surface area (Å²) in [5.41, 5.74) is 9.95. The summed E-state index contributed by atoms with van der Waals surface area (Å²) in [4.78, 5) is 2.40. The fourth-order valence-corrected chi connectivity index (χ4v) is 3.25. The van der Waals surface area contributed by atoms with Gasteiger partial charge in [0.2, 0.25) is 6.79 Å². The van der Waals surface area contributed by atoms with E-state index in [1.165, 1.54) is 16.8 Å². The summed E-state index contributed by atoms with van der Waals surface area (Å²) in [6.45, 7) is 1.89. The van der Waals surface area contributed by atoms with E-state index in [2.05, 4.69) is 41.3 Å². The van der Waals surface area contributed by atoms with Gasteiger partial charge < -0.3 is 20.1 Å². The Bertz CT molecular complexity index is 672. The van der Waals surface area contributed by atoms with Crippen LogP contribution in [0.15, 0.2) is 42.5 Å². The van der Waals surface area contributed by atoms with Gasteiger partial charge in [-0.05, 0) is 35.7 Å². The van der Waals surface area contributed by atoms with Crippen LogP contribution in [0.5, 0.6) is 11.5 Å². The first kappa shape index (κ1) is 12.5. The number of fused-ring (bicyclic) bond motifs is 2. The van der Waals surface area contributed by atoms with Crippen LogP contribution in [0.2, 0.25) is 0 Å². The molecule has 108 valence electrons. The van der Waals surface area contributed by atoms with E-state index in [1.807, 2.05) is 6.07 Å². The molecule has 2 aromatic rings. The van der Waals surface area contributed by atoms with Crippen molar-refractivity contribution in [2.45, 2.75) is 12.5 Å². The quantitative estimate of drug-likeness (QED) is 0.939. The predicted molar refractivity (Wildman–Crippen MR) is 81.9 cm³/mol. The molecule has 0 aliphatic carbocycles. The van der Waals surface area contributed by atoms with Gasteiger partial charge in [0.1, 0.15) is 0 Å². The molecule has 0 saturated carbocycles. The summed E-state index contributed by atoms with van der Waals surface area (Å²) in [6, 6.07) is 14.9. The minimum Gasteiger partial charge on any atom is -0.454 e. The number of rotatable bonds is 3. The second-order valence-electron chi connectivity index (χ2n) is 5.44. The van der Waals surface area contributed by atoms with Gasteiger partial charge in [-0.25, -0.2) is 0 Å². The number of nitrogens with zero attached hydrogens (tertiary/aromatic N) is 1. The first-order valence-corrected chi connectivity index (χ1v) is 7.31. The standard InChI is InChI=1S/C17H18N2O2/c18-10-15(13-5-6-16-17(9-13)21-11-20-16)19-8-7-12-3-1-2-4-14(12)19/h1-6,9,15H,7-8,10-11,18H2. The Kier molecular flexibility index (Phi) is 2.97. The van der Waals surface area contributed by atoms with E-state index >= 15 is 0 Å². The van der Waals surface area contributed by atoms with Gasteiger partial charge in [-0.1, -0.05) is 24.3 Å². The van der Waals surface area contributed by atoms with Gasteiger partial charge in [0.15, 0.2) is 11.5 Å². The van der Waals surface area contributed by atoms with Crippen molar-refractivity contribution >= 4 is 5.69 Å². The molecule has 2 heterocycles. The maximum absolute atomic E-state index is 6.07. The van der Waals surface area contributed by atoms with Crippen LogP contribution < -0.4 is 20.1 Å². The van der Waals surface area contributed by atoms with Crippen molar-refractivity contribution < 1.29 is 9.47 Å². The van der Waals surface area contributed by atoms with Gasteiger partial charge in [-0.15, -0.1) is 0 Å². The zero-order chi connectivity index (χ0) is 14.2. The molecular weight excluding hydrogens is 264 g/mol.